The van der Waals surface area contributed by atoms with Gasteiger partial charge in [0.15, 0.2) is 0 Å². The zero-order valence-corrected chi connectivity index (χ0v) is 28.6. The van der Waals surface area contributed by atoms with Gasteiger partial charge in [-0.15, -0.1) is 0 Å². The number of fused-ring (bicyclic) bond motifs is 1. The number of piperazine rings is 1. The number of hydrogen-bond donors (Lipinski definition) is 0. The number of carbonyl (C=O) groups is 1. The summed E-state index contributed by atoms with van der Waals surface area (Å²) in [7, 11) is 0. The number of likely N-dealkylation sites (tertiary alicyclic amines) is 1. The molecule has 246 valence electrons. The minimum Gasteiger partial charge on any atom is -0.463 e. The zero-order chi connectivity index (χ0) is 32.4. The molecule has 1 aliphatic carbocycles. The maximum atomic E-state index is 12.6. The predicted molar refractivity (Wildman–Crippen MR) is 184 cm³/mol. The molecule has 2 atom stereocenters. The lowest BCUT2D eigenvalue weighted by molar-refractivity contribution is -0.128. The van der Waals surface area contributed by atoms with Crippen LogP contribution in [0.15, 0.2) is 30.9 Å². The first-order valence-electron chi connectivity index (χ1n) is 16.7. The first kappa shape index (κ1) is 32.9. The van der Waals surface area contributed by atoms with Crippen molar-refractivity contribution in [2.24, 2.45) is 11.3 Å². The predicted octanol–water partition coefficient (Wildman–Crippen LogP) is 6.14. The molecule has 9 nitrogen and oxygen atoms in total. The molecule has 4 aliphatic rings. The van der Waals surface area contributed by atoms with Crippen molar-refractivity contribution in [1.29, 1.82) is 0 Å². The van der Waals surface area contributed by atoms with E-state index in [2.05, 4.69) is 40.0 Å². The second-order valence-electron chi connectivity index (χ2n) is 13.6. The normalized spacial score (nSPS) is 23.0. The molecule has 4 heterocycles. The Balaban J connectivity index is 1.31. The molecule has 3 fully saturated rings. The number of ether oxygens (including phenoxy) is 1. The van der Waals surface area contributed by atoms with Crippen LogP contribution in [0.2, 0.25) is 10.0 Å². The highest BCUT2D eigenvalue weighted by molar-refractivity contribution is 6.43. The van der Waals surface area contributed by atoms with Crippen molar-refractivity contribution in [2.75, 3.05) is 62.2 Å². The van der Waals surface area contributed by atoms with Crippen LogP contribution in [0.5, 0.6) is 6.01 Å². The van der Waals surface area contributed by atoms with Crippen LogP contribution in [0, 0.1) is 17.9 Å². The van der Waals surface area contributed by atoms with E-state index < -0.39 is 0 Å². The monoisotopic (exact) mass is 665 g/mol. The second-order valence-corrected chi connectivity index (χ2v) is 14.4. The Morgan fingerprint density at radius 3 is 2.67 bits per heavy atom. The molecule has 1 saturated carbocycles. The van der Waals surface area contributed by atoms with E-state index in [9.17, 15) is 4.79 Å². The smallest absolute Gasteiger partial charge is 0.318 e. The third kappa shape index (κ3) is 6.54. The Morgan fingerprint density at radius 2 is 1.96 bits per heavy atom. The molecule has 1 amide bonds. The van der Waals surface area contributed by atoms with Gasteiger partial charge in [0.1, 0.15) is 11.9 Å². The number of nitrogens with zero attached hydrogens (tertiary/aromatic N) is 7. The van der Waals surface area contributed by atoms with Crippen LogP contribution in [0.3, 0.4) is 0 Å². The van der Waals surface area contributed by atoms with Crippen molar-refractivity contribution in [2.45, 2.75) is 71.0 Å². The quantitative estimate of drug-likeness (QED) is 0.236. The summed E-state index contributed by atoms with van der Waals surface area (Å²) in [6.07, 6.45) is 8.12. The van der Waals surface area contributed by atoms with Crippen LogP contribution >= 0.6 is 23.2 Å². The Kier molecular flexibility index (Phi) is 9.98. The first-order chi connectivity index (χ1) is 22.2. The number of hydrogen-bond acceptors (Lipinski definition) is 7. The molecule has 3 aliphatic heterocycles. The molecular formula is C35H45Cl2N7O2. The van der Waals surface area contributed by atoms with Crippen molar-refractivity contribution in [3.63, 3.8) is 0 Å². The molecule has 11 heteroatoms. The van der Waals surface area contributed by atoms with Crippen LogP contribution in [-0.4, -0.2) is 90.2 Å². The summed E-state index contributed by atoms with van der Waals surface area (Å²) in [6.45, 7) is 21.9. The van der Waals surface area contributed by atoms with Crippen LogP contribution < -0.4 is 14.5 Å². The summed E-state index contributed by atoms with van der Waals surface area (Å²) in [6, 6.07) is 6.44. The van der Waals surface area contributed by atoms with Gasteiger partial charge < -0.3 is 29.2 Å². The molecule has 1 aromatic heterocycles. The highest BCUT2D eigenvalue weighted by Gasteiger charge is 2.45. The summed E-state index contributed by atoms with van der Waals surface area (Å²) in [5.41, 5.74) is 3.03. The van der Waals surface area contributed by atoms with E-state index in [1.165, 1.54) is 38.2 Å². The van der Waals surface area contributed by atoms with Gasteiger partial charge in [0, 0.05) is 49.7 Å². The largest absolute Gasteiger partial charge is 0.463 e. The Hall–Kier alpha value is -3.06. The minimum absolute atomic E-state index is 0.138. The molecule has 2 aromatic rings. The molecule has 6 rings (SSSR count). The second kappa shape index (κ2) is 14.0. The summed E-state index contributed by atoms with van der Waals surface area (Å²) in [5.74, 6) is 1.32. The Morgan fingerprint density at radius 1 is 1.15 bits per heavy atom. The van der Waals surface area contributed by atoms with E-state index in [0.717, 1.165) is 48.8 Å². The topological polar surface area (TPSA) is 69.4 Å². The molecule has 0 bridgehead atoms. The average Bonchev–Trinajstić information content (AvgIpc) is 3.76. The van der Waals surface area contributed by atoms with E-state index in [-0.39, 0.29) is 23.9 Å². The molecule has 0 radical (unpaired) electrons. The fourth-order valence-electron chi connectivity index (χ4n) is 8.09. The lowest BCUT2D eigenvalue weighted by atomic mass is 9.74. The van der Waals surface area contributed by atoms with Crippen molar-refractivity contribution >= 4 is 40.6 Å². The van der Waals surface area contributed by atoms with Gasteiger partial charge in [-0.1, -0.05) is 48.7 Å². The molecule has 2 saturated heterocycles. The molecule has 1 unspecified atom stereocenters. The molecule has 0 N–H and O–H groups in total. The first-order valence-corrected chi connectivity index (χ1v) is 17.5. The van der Waals surface area contributed by atoms with Crippen molar-refractivity contribution < 1.29 is 9.53 Å². The van der Waals surface area contributed by atoms with Gasteiger partial charge in [-0.2, -0.15) is 9.97 Å². The number of benzene rings is 1. The maximum Gasteiger partial charge on any atom is 0.318 e. The van der Waals surface area contributed by atoms with E-state index in [4.69, 9.17) is 44.5 Å². The molecule has 0 spiro atoms. The van der Waals surface area contributed by atoms with Crippen LogP contribution in [0.25, 0.3) is 4.85 Å². The summed E-state index contributed by atoms with van der Waals surface area (Å²) in [4.78, 5) is 35.2. The number of rotatable bonds is 9. The summed E-state index contributed by atoms with van der Waals surface area (Å²) in [5, 5.41) is 1.07. The SMILES string of the molecule is [C-]#[N+]C[C@H]1CN(c2nc(OCC3(C4CCN(C(C)C)C4)CCCC3)nc3c2CCN(c2cccc(Cl)c2Cl)C3)CCN1C(=O)C=C. The van der Waals surface area contributed by atoms with E-state index in [1.807, 2.05) is 12.1 Å². The van der Waals surface area contributed by atoms with Crippen molar-refractivity contribution in [3.8, 4) is 6.01 Å². The molecule has 1 aromatic carbocycles. The van der Waals surface area contributed by atoms with Gasteiger partial charge in [0.05, 0.1) is 34.6 Å². The van der Waals surface area contributed by atoms with Gasteiger partial charge in [0.25, 0.3) is 0 Å². The van der Waals surface area contributed by atoms with E-state index >= 15 is 0 Å². The maximum absolute atomic E-state index is 12.6. The van der Waals surface area contributed by atoms with Gasteiger partial charge >= 0.3 is 6.01 Å². The zero-order valence-electron chi connectivity index (χ0n) is 27.1. The highest BCUT2D eigenvalue weighted by atomic mass is 35.5. The number of halogens is 2. The van der Waals surface area contributed by atoms with Gasteiger partial charge in [-0.3, -0.25) is 4.79 Å². The lowest BCUT2D eigenvalue weighted by Crippen LogP contribution is -2.56. The average molecular weight is 667 g/mol. The van der Waals surface area contributed by atoms with Crippen LogP contribution in [-0.2, 0) is 17.8 Å². The Bertz CT molecular complexity index is 1490. The van der Waals surface area contributed by atoms with E-state index in [1.54, 1.807) is 11.0 Å². The Labute approximate surface area is 283 Å². The minimum atomic E-state index is -0.245. The van der Waals surface area contributed by atoms with Gasteiger partial charge in [0.2, 0.25) is 12.5 Å². The number of aromatic nitrogens is 2. The number of anilines is 2. The van der Waals surface area contributed by atoms with Crippen LogP contribution in [0.4, 0.5) is 11.5 Å². The van der Waals surface area contributed by atoms with Gasteiger partial charge in [-0.25, -0.2) is 6.57 Å². The van der Waals surface area contributed by atoms with Crippen molar-refractivity contribution in [3.05, 3.63) is 63.6 Å². The highest BCUT2D eigenvalue weighted by Crippen LogP contribution is 2.48. The fraction of sp³-hybridized carbons (Fsp3) is 0.600. The third-order valence-corrected chi connectivity index (χ3v) is 11.5. The van der Waals surface area contributed by atoms with Crippen molar-refractivity contribution in [1.82, 2.24) is 19.8 Å². The number of carbonyl (C=O) groups excluding carboxylic acids is 1. The lowest BCUT2D eigenvalue weighted by Gasteiger charge is -2.41. The summed E-state index contributed by atoms with van der Waals surface area (Å²) < 4.78 is 6.67. The van der Waals surface area contributed by atoms with Gasteiger partial charge in [-0.05, 0) is 70.2 Å². The van der Waals surface area contributed by atoms with E-state index in [0.29, 0.717) is 60.8 Å². The molecule has 46 heavy (non-hydrogen) atoms. The molecular weight excluding hydrogens is 621 g/mol. The summed E-state index contributed by atoms with van der Waals surface area (Å²) >= 11 is 13.1. The van der Waals surface area contributed by atoms with Crippen LogP contribution in [0.1, 0.15) is 57.2 Å². The fourth-order valence-corrected chi connectivity index (χ4v) is 8.50. The third-order valence-electron chi connectivity index (χ3n) is 10.7. The standard InChI is InChI=1S/C35H45Cl2N7O2/c1-5-31(45)44-18-17-43(21-26(44)19-38-4)33-27-12-16-42(30-10-8-9-28(36)32(30)37)22-29(27)39-34(40-33)46-23-35(13-6-7-14-35)25-11-15-41(20-25)24(2)3/h5,8-10,24-26H,1,6-7,11-23H2,2-3H3/t25?,26-/m0/s1. The number of amides is 1.